The minimum Gasteiger partial charge on any atom is -0.504 e. The molecule has 6 unspecified atom stereocenters. The van der Waals surface area contributed by atoms with Gasteiger partial charge in [-0.25, -0.2) is 0 Å². The number of aryl methyl sites for hydroxylation is 1. The van der Waals surface area contributed by atoms with E-state index in [1.165, 1.54) is 31.4 Å². The first-order valence-electron chi connectivity index (χ1n) is 17.1. The van der Waals surface area contributed by atoms with E-state index >= 15 is 4.79 Å². The average Bonchev–Trinajstić information content (AvgIpc) is 3.54. The molecule has 3 fully saturated rings. The summed E-state index contributed by atoms with van der Waals surface area (Å²) < 4.78 is 6.12. The van der Waals surface area contributed by atoms with Gasteiger partial charge < -0.3 is 9.84 Å². The summed E-state index contributed by atoms with van der Waals surface area (Å²) in [6.45, 7) is 1.93. The van der Waals surface area contributed by atoms with Crippen LogP contribution in [0.4, 0.5) is 17.1 Å². The number of phenolic OH excluding ortho intramolecular Hbond substituents is 1. The number of rotatable bonds is 7. The van der Waals surface area contributed by atoms with Crippen LogP contribution in [0, 0.1) is 40.7 Å². The zero-order valence-corrected chi connectivity index (χ0v) is 30.1. The Bertz CT molecular complexity index is 2240. The topological polar surface area (TPSA) is 159 Å². The Hall–Kier alpha value is -5.82. The third-order valence-corrected chi connectivity index (χ3v) is 11.8. The van der Waals surface area contributed by atoms with Gasteiger partial charge in [0.05, 0.1) is 46.6 Å². The first kappa shape index (κ1) is 34.3. The molecule has 8 rings (SSSR count). The molecule has 0 radical (unpaired) electrons. The molecule has 1 saturated carbocycles. The standard InChI is InChI=1S/C40H33BrN4O8/c1-21-8-10-24(11-9-21)42-44-37(48)31-20-29-27(16-17-28-33(29)38(49)43(36(28)47)25-12-14-26(15-13-25)45(51)52)34(30-18-23(41)19-32(53-2)35(30)46)40(31,39(44)50)22-6-4-3-5-7-22/h3-16,18-19,28-29,31,33-34,42,46H,17,20H2,1-2H3. The second-order valence-corrected chi connectivity index (χ2v) is 14.8. The Kier molecular flexibility index (Phi) is 8.21. The van der Waals surface area contributed by atoms with E-state index in [1.807, 2.05) is 31.2 Å². The van der Waals surface area contributed by atoms with Crippen molar-refractivity contribution >= 4 is 56.6 Å². The molecule has 4 amide bonds. The number of ether oxygens (including phenoxy) is 1. The van der Waals surface area contributed by atoms with Gasteiger partial charge in [-0.1, -0.05) is 75.6 Å². The van der Waals surface area contributed by atoms with E-state index in [1.54, 1.807) is 48.5 Å². The molecule has 2 aliphatic carbocycles. The van der Waals surface area contributed by atoms with Crippen LogP contribution in [0.5, 0.6) is 11.5 Å². The van der Waals surface area contributed by atoms with Crippen LogP contribution in [0.15, 0.2) is 107 Å². The van der Waals surface area contributed by atoms with Crippen LogP contribution in [-0.4, -0.2) is 45.8 Å². The van der Waals surface area contributed by atoms with Crippen LogP contribution in [-0.2, 0) is 24.6 Å². The monoisotopic (exact) mass is 776 g/mol. The summed E-state index contributed by atoms with van der Waals surface area (Å²) in [5, 5.41) is 24.3. The van der Waals surface area contributed by atoms with E-state index in [0.717, 1.165) is 15.5 Å². The number of hydrazine groups is 1. The number of methoxy groups -OCH3 is 1. The van der Waals surface area contributed by atoms with Crippen molar-refractivity contribution in [2.75, 3.05) is 17.4 Å². The number of hydrogen-bond donors (Lipinski definition) is 2. The average molecular weight is 778 g/mol. The number of imide groups is 2. The molecular weight excluding hydrogens is 744 g/mol. The van der Waals surface area contributed by atoms with Gasteiger partial charge in [0.1, 0.15) is 0 Å². The van der Waals surface area contributed by atoms with Crippen LogP contribution < -0.4 is 15.1 Å². The highest BCUT2D eigenvalue weighted by Gasteiger charge is 2.70. The number of carbonyl (C=O) groups is 4. The van der Waals surface area contributed by atoms with Crippen molar-refractivity contribution in [3.63, 3.8) is 0 Å². The maximum atomic E-state index is 15.3. The SMILES string of the molecule is COc1cc(Br)cc(C2C3=CCC4C(=O)N(c5ccc([N+](=O)[O-])cc5)C(=O)C4C3CC3C(=O)N(Nc4ccc(C)cc4)C(=O)C32c2ccccc2)c1O. The number of benzene rings is 4. The van der Waals surface area contributed by atoms with Gasteiger partial charge in [0.2, 0.25) is 11.8 Å². The number of nitro groups is 1. The van der Waals surface area contributed by atoms with Crippen LogP contribution >= 0.6 is 15.9 Å². The minimum absolute atomic E-state index is 0.0636. The zero-order valence-electron chi connectivity index (χ0n) is 28.6. The molecule has 53 heavy (non-hydrogen) atoms. The highest BCUT2D eigenvalue weighted by molar-refractivity contribution is 9.10. The number of aromatic hydroxyl groups is 1. The number of amides is 4. The Morgan fingerprint density at radius 3 is 2.28 bits per heavy atom. The molecule has 12 nitrogen and oxygen atoms in total. The van der Waals surface area contributed by atoms with Crippen LogP contribution in [0.3, 0.4) is 0 Å². The first-order chi connectivity index (χ1) is 25.5. The number of non-ortho nitro benzene ring substituents is 1. The maximum absolute atomic E-state index is 15.3. The van der Waals surface area contributed by atoms with Crippen molar-refractivity contribution in [2.24, 2.45) is 23.7 Å². The fourth-order valence-corrected chi connectivity index (χ4v) is 9.49. The Morgan fingerprint density at radius 2 is 1.62 bits per heavy atom. The molecule has 4 aromatic rings. The number of nitrogens with one attached hydrogen (secondary N) is 1. The third-order valence-electron chi connectivity index (χ3n) is 11.3. The lowest BCUT2D eigenvalue weighted by molar-refractivity contribution is -0.384. The number of phenols is 1. The van der Waals surface area contributed by atoms with Gasteiger partial charge in [-0.2, -0.15) is 5.01 Å². The van der Waals surface area contributed by atoms with E-state index in [-0.39, 0.29) is 35.7 Å². The van der Waals surface area contributed by atoms with Crippen LogP contribution in [0.2, 0.25) is 0 Å². The number of fused-ring (bicyclic) bond motifs is 4. The van der Waals surface area contributed by atoms with Crippen LogP contribution in [0.1, 0.15) is 35.4 Å². The summed E-state index contributed by atoms with van der Waals surface area (Å²) in [5.74, 6) is -6.37. The number of nitro benzene ring substituents is 1. The minimum atomic E-state index is -1.59. The van der Waals surface area contributed by atoms with Crippen molar-refractivity contribution in [2.45, 2.75) is 31.1 Å². The fraction of sp³-hybridized carbons (Fsp3) is 0.250. The normalized spacial score (nSPS) is 26.2. The molecule has 2 heterocycles. The number of allylic oxidation sites excluding steroid dienone is 2. The Balaban J connectivity index is 1.32. The van der Waals surface area contributed by atoms with Crippen molar-refractivity contribution in [3.8, 4) is 11.5 Å². The zero-order chi connectivity index (χ0) is 37.3. The molecule has 0 spiro atoms. The van der Waals surface area contributed by atoms with Gasteiger partial charge in [-0.05, 0) is 67.6 Å². The van der Waals surface area contributed by atoms with E-state index < -0.39 is 63.6 Å². The summed E-state index contributed by atoms with van der Waals surface area (Å²) in [5.41, 5.74) is 4.56. The fourth-order valence-electron chi connectivity index (χ4n) is 9.04. The third kappa shape index (κ3) is 5.08. The summed E-state index contributed by atoms with van der Waals surface area (Å²) in [7, 11) is 1.42. The molecule has 0 bridgehead atoms. The maximum Gasteiger partial charge on any atom is 0.269 e. The van der Waals surface area contributed by atoms with E-state index in [2.05, 4.69) is 21.4 Å². The number of nitrogens with zero attached hydrogens (tertiary/aromatic N) is 3. The molecule has 2 saturated heterocycles. The number of halogens is 1. The summed E-state index contributed by atoms with van der Waals surface area (Å²) >= 11 is 3.56. The number of carbonyl (C=O) groups excluding carboxylic acids is 4. The Labute approximate surface area is 312 Å². The lowest BCUT2D eigenvalue weighted by Gasteiger charge is -2.50. The first-order valence-corrected chi connectivity index (χ1v) is 17.9. The molecule has 6 atom stereocenters. The van der Waals surface area contributed by atoms with E-state index in [0.29, 0.717) is 26.9 Å². The quantitative estimate of drug-likeness (QED) is 0.0917. The van der Waals surface area contributed by atoms with E-state index in [9.17, 15) is 29.6 Å². The van der Waals surface area contributed by atoms with Gasteiger partial charge in [-0.3, -0.25) is 39.6 Å². The molecule has 4 aliphatic rings. The summed E-state index contributed by atoms with van der Waals surface area (Å²) in [6, 6.07) is 24.9. The molecule has 13 heteroatoms. The second kappa shape index (κ2) is 12.7. The van der Waals surface area contributed by atoms with Gasteiger partial charge in [0, 0.05) is 28.1 Å². The molecule has 268 valence electrons. The van der Waals surface area contributed by atoms with Crippen molar-refractivity contribution in [1.82, 2.24) is 5.01 Å². The van der Waals surface area contributed by atoms with Gasteiger partial charge in [0.15, 0.2) is 11.5 Å². The number of hydrogen-bond acceptors (Lipinski definition) is 9. The molecule has 0 aromatic heterocycles. The predicted molar refractivity (Wildman–Crippen MR) is 197 cm³/mol. The largest absolute Gasteiger partial charge is 0.504 e. The molecule has 2 N–H and O–H groups in total. The smallest absolute Gasteiger partial charge is 0.269 e. The van der Waals surface area contributed by atoms with Gasteiger partial charge >= 0.3 is 0 Å². The molecule has 2 aliphatic heterocycles. The highest BCUT2D eigenvalue weighted by Crippen LogP contribution is 2.65. The highest BCUT2D eigenvalue weighted by atomic mass is 79.9. The molecular formula is C40H33BrN4O8. The van der Waals surface area contributed by atoms with Crippen molar-refractivity contribution in [1.29, 1.82) is 0 Å². The number of anilines is 2. The van der Waals surface area contributed by atoms with Gasteiger partial charge in [0.25, 0.3) is 17.5 Å². The lowest BCUT2D eigenvalue weighted by Crippen LogP contribution is -2.53. The van der Waals surface area contributed by atoms with Gasteiger partial charge in [-0.15, -0.1) is 0 Å². The Morgan fingerprint density at radius 1 is 0.925 bits per heavy atom. The molecule has 4 aromatic carbocycles. The van der Waals surface area contributed by atoms with Crippen molar-refractivity contribution < 1.29 is 33.9 Å². The summed E-state index contributed by atoms with van der Waals surface area (Å²) in [4.78, 5) is 70.5. The van der Waals surface area contributed by atoms with Crippen molar-refractivity contribution in [3.05, 3.63) is 134 Å². The second-order valence-electron chi connectivity index (χ2n) is 13.9. The van der Waals surface area contributed by atoms with Crippen LogP contribution in [0.25, 0.3) is 0 Å². The van der Waals surface area contributed by atoms with E-state index in [4.69, 9.17) is 4.74 Å². The summed E-state index contributed by atoms with van der Waals surface area (Å²) in [6.07, 6.45) is 2.12. The predicted octanol–water partition coefficient (Wildman–Crippen LogP) is 6.57. The lowest BCUT2D eigenvalue weighted by atomic mass is 9.49.